The first-order valence-electron chi connectivity index (χ1n) is 13.0. The van der Waals surface area contributed by atoms with E-state index < -0.39 is 21.4 Å². The van der Waals surface area contributed by atoms with Crippen LogP contribution in [0, 0.1) is 11.2 Å². The fraction of sp³-hybridized carbons (Fsp3) is 0.448. The highest BCUT2D eigenvalue weighted by molar-refractivity contribution is 7.90. The van der Waals surface area contributed by atoms with Crippen LogP contribution < -0.4 is 0 Å². The molecule has 7 nitrogen and oxygen atoms in total. The second kappa shape index (κ2) is 11.8. The monoisotopic (exact) mass is 541 g/mol. The third kappa shape index (κ3) is 7.29. The Balaban J connectivity index is 1.69. The number of carbonyl (C=O) groups excluding carboxylic acids is 1. The topological polar surface area (TPSA) is 81.5 Å². The molecule has 1 saturated heterocycles. The summed E-state index contributed by atoms with van der Waals surface area (Å²) in [7, 11) is -3.99. The van der Waals surface area contributed by atoms with E-state index in [2.05, 4.69) is 4.98 Å². The van der Waals surface area contributed by atoms with Gasteiger partial charge in [0, 0.05) is 25.1 Å². The van der Waals surface area contributed by atoms with Crippen LogP contribution >= 0.6 is 0 Å². The molecule has 0 spiro atoms. The molecule has 1 atom stereocenters. The van der Waals surface area contributed by atoms with Gasteiger partial charge in [-0.15, -0.1) is 0 Å². The molecule has 9 heteroatoms. The number of imidazole rings is 1. The van der Waals surface area contributed by atoms with Crippen LogP contribution in [0.4, 0.5) is 4.39 Å². The molecule has 1 aliphatic rings. The summed E-state index contributed by atoms with van der Waals surface area (Å²) in [5, 5.41) is -0.139. The summed E-state index contributed by atoms with van der Waals surface area (Å²) in [5.41, 5.74) is 1.37. The van der Waals surface area contributed by atoms with Crippen LogP contribution in [0.5, 0.6) is 0 Å². The van der Waals surface area contributed by atoms with E-state index in [4.69, 9.17) is 4.74 Å². The predicted molar refractivity (Wildman–Crippen MR) is 144 cm³/mol. The first-order chi connectivity index (χ1) is 18.0. The summed E-state index contributed by atoms with van der Waals surface area (Å²) >= 11 is 0. The minimum absolute atomic E-state index is 0.0174. The Kier molecular flexibility index (Phi) is 8.67. The Morgan fingerprint density at radius 1 is 1.13 bits per heavy atom. The minimum Gasteiger partial charge on any atom is -0.376 e. The highest BCUT2D eigenvalue weighted by Crippen LogP contribution is 2.25. The number of amides is 1. The Labute approximate surface area is 224 Å². The van der Waals surface area contributed by atoms with Gasteiger partial charge in [-0.25, -0.2) is 17.8 Å². The zero-order valence-corrected chi connectivity index (χ0v) is 23.1. The number of nitrogens with zero attached hydrogens (tertiary/aromatic N) is 3. The molecule has 0 aliphatic carbocycles. The van der Waals surface area contributed by atoms with Crippen LogP contribution in [0.2, 0.25) is 0 Å². The van der Waals surface area contributed by atoms with E-state index >= 15 is 0 Å². The molecule has 1 aromatic heterocycles. The number of benzene rings is 2. The molecule has 1 fully saturated rings. The number of halogens is 1. The van der Waals surface area contributed by atoms with Crippen molar-refractivity contribution in [3.8, 4) is 0 Å². The van der Waals surface area contributed by atoms with Gasteiger partial charge in [0.2, 0.25) is 20.9 Å². The lowest BCUT2D eigenvalue weighted by atomic mass is 9.91. The number of rotatable bonds is 10. The van der Waals surface area contributed by atoms with Crippen molar-refractivity contribution in [2.75, 3.05) is 13.2 Å². The smallest absolute Gasteiger partial charge is 0.228 e. The fourth-order valence-electron chi connectivity index (χ4n) is 4.64. The van der Waals surface area contributed by atoms with E-state index in [1.165, 1.54) is 24.4 Å². The lowest BCUT2D eigenvalue weighted by molar-refractivity contribution is -0.135. The summed E-state index contributed by atoms with van der Waals surface area (Å²) in [4.78, 5) is 19.5. The number of carbonyl (C=O) groups is 1. The molecule has 4 rings (SSSR count). The molecule has 0 radical (unpaired) electrons. The van der Waals surface area contributed by atoms with Gasteiger partial charge in [-0.05, 0) is 29.9 Å². The third-order valence-corrected chi connectivity index (χ3v) is 8.07. The average molecular weight is 542 g/mol. The van der Waals surface area contributed by atoms with Crippen molar-refractivity contribution in [1.29, 1.82) is 0 Å². The standard InChI is InChI=1S/C29H36FN3O4S/c1-29(2,3)16-27(34)32(20-25-13-9-15-37-25)19-24-17-31-28(33(24)18-22-10-5-4-6-11-22)38(35,36)21-23-12-7-8-14-26(23)30/h4-8,10-12,14,17,25H,9,13,15-16,18-21H2,1-3H3/t25-/m0/s1. The molecule has 2 aromatic carbocycles. The van der Waals surface area contributed by atoms with Crippen LogP contribution in [-0.2, 0) is 38.2 Å². The number of sulfone groups is 1. The van der Waals surface area contributed by atoms with E-state index in [1.807, 2.05) is 51.1 Å². The van der Waals surface area contributed by atoms with Gasteiger partial charge in [0.1, 0.15) is 5.82 Å². The van der Waals surface area contributed by atoms with Crippen molar-refractivity contribution in [2.45, 2.75) is 70.1 Å². The van der Waals surface area contributed by atoms with Gasteiger partial charge in [-0.3, -0.25) is 4.79 Å². The Bertz CT molecular complexity index is 1340. The molecule has 3 aromatic rings. The summed E-state index contributed by atoms with van der Waals surface area (Å²) in [6.45, 7) is 7.61. The summed E-state index contributed by atoms with van der Waals surface area (Å²) in [5.74, 6) is -1.10. The molecule has 0 N–H and O–H groups in total. The maximum atomic E-state index is 14.3. The third-order valence-electron chi connectivity index (χ3n) is 6.50. The molecule has 1 aliphatic heterocycles. The first kappa shape index (κ1) is 28.0. The number of hydrogen-bond donors (Lipinski definition) is 0. The normalized spacial score (nSPS) is 16.1. The lowest BCUT2D eigenvalue weighted by Gasteiger charge is -2.29. The average Bonchev–Trinajstić information content (AvgIpc) is 3.50. The van der Waals surface area contributed by atoms with Crippen molar-refractivity contribution in [3.05, 3.63) is 83.4 Å². The summed E-state index contributed by atoms with van der Waals surface area (Å²) in [6.07, 6.45) is 3.66. The lowest BCUT2D eigenvalue weighted by Crippen LogP contribution is -2.39. The molecular formula is C29H36FN3O4S. The molecule has 0 saturated carbocycles. The van der Waals surface area contributed by atoms with Crippen LogP contribution in [-0.4, -0.2) is 48.0 Å². The Morgan fingerprint density at radius 2 is 1.84 bits per heavy atom. The van der Waals surface area contributed by atoms with Crippen LogP contribution in [0.25, 0.3) is 0 Å². The van der Waals surface area contributed by atoms with Gasteiger partial charge in [-0.2, -0.15) is 0 Å². The van der Waals surface area contributed by atoms with E-state index in [9.17, 15) is 17.6 Å². The zero-order chi connectivity index (χ0) is 27.3. The van der Waals surface area contributed by atoms with Crippen LogP contribution in [0.1, 0.15) is 56.9 Å². The Morgan fingerprint density at radius 3 is 2.50 bits per heavy atom. The Hall–Kier alpha value is -3.04. The van der Waals surface area contributed by atoms with Crippen molar-refractivity contribution < 1.29 is 22.3 Å². The SMILES string of the molecule is CC(C)(C)CC(=O)N(Cc1cnc(S(=O)(=O)Cc2ccccc2F)n1Cc1ccccc1)C[C@@H]1CCCO1. The fourth-order valence-corrected chi connectivity index (χ4v) is 6.14. The van der Waals surface area contributed by atoms with Crippen molar-refractivity contribution >= 4 is 15.7 Å². The van der Waals surface area contributed by atoms with Crippen LogP contribution in [0.15, 0.2) is 66.0 Å². The molecule has 0 bridgehead atoms. The van der Waals surface area contributed by atoms with Crippen LogP contribution in [0.3, 0.4) is 0 Å². The molecule has 0 unspecified atom stereocenters. The van der Waals surface area contributed by atoms with Gasteiger partial charge in [0.15, 0.2) is 0 Å². The molecule has 1 amide bonds. The maximum Gasteiger partial charge on any atom is 0.228 e. The quantitative estimate of drug-likeness (QED) is 0.361. The molecule has 2 heterocycles. The highest BCUT2D eigenvalue weighted by Gasteiger charge is 2.29. The number of aromatic nitrogens is 2. The molecular weight excluding hydrogens is 505 g/mol. The molecule has 38 heavy (non-hydrogen) atoms. The number of ether oxygens (including phenoxy) is 1. The highest BCUT2D eigenvalue weighted by atomic mass is 32.2. The van der Waals surface area contributed by atoms with E-state index in [0.717, 1.165) is 18.4 Å². The van der Waals surface area contributed by atoms with Gasteiger partial charge in [0.05, 0.1) is 36.8 Å². The van der Waals surface area contributed by atoms with Crippen molar-refractivity contribution in [3.63, 3.8) is 0 Å². The van der Waals surface area contributed by atoms with E-state index in [-0.39, 0.29) is 41.2 Å². The largest absolute Gasteiger partial charge is 0.376 e. The molecule has 204 valence electrons. The van der Waals surface area contributed by atoms with Crippen molar-refractivity contribution in [1.82, 2.24) is 14.5 Å². The van der Waals surface area contributed by atoms with Gasteiger partial charge >= 0.3 is 0 Å². The van der Waals surface area contributed by atoms with Gasteiger partial charge < -0.3 is 14.2 Å². The maximum absolute atomic E-state index is 14.3. The van der Waals surface area contributed by atoms with Gasteiger partial charge in [0.25, 0.3) is 0 Å². The first-order valence-corrected chi connectivity index (χ1v) is 14.6. The second-order valence-electron chi connectivity index (χ2n) is 11.1. The van der Waals surface area contributed by atoms with E-state index in [0.29, 0.717) is 25.3 Å². The summed E-state index contributed by atoms with van der Waals surface area (Å²) in [6, 6.07) is 15.3. The van der Waals surface area contributed by atoms with Crippen molar-refractivity contribution in [2.24, 2.45) is 5.41 Å². The summed E-state index contributed by atoms with van der Waals surface area (Å²) < 4.78 is 48.8. The minimum atomic E-state index is -3.99. The zero-order valence-electron chi connectivity index (χ0n) is 22.3. The predicted octanol–water partition coefficient (Wildman–Crippen LogP) is 4.99. The van der Waals surface area contributed by atoms with Gasteiger partial charge in [-0.1, -0.05) is 69.3 Å². The number of hydrogen-bond acceptors (Lipinski definition) is 5. The van der Waals surface area contributed by atoms with E-state index in [1.54, 1.807) is 15.5 Å². The second-order valence-corrected chi connectivity index (χ2v) is 13.0.